The molecule has 10 heteroatoms. The number of alkyl halides is 2. The van der Waals surface area contributed by atoms with Gasteiger partial charge in [-0.15, -0.1) is 0 Å². The summed E-state index contributed by atoms with van der Waals surface area (Å²) in [5, 5.41) is -0.373. The summed E-state index contributed by atoms with van der Waals surface area (Å²) >= 11 is 0. The van der Waals surface area contributed by atoms with Crippen molar-refractivity contribution in [2.45, 2.75) is 67.9 Å². The number of nitrogens with one attached hydrogen (secondary N) is 1. The molecular weight excluding hydrogens is 440 g/mol. The molecule has 2 aliphatic carbocycles. The van der Waals surface area contributed by atoms with Crippen LogP contribution in [-0.2, 0) is 14.8 Å². The van der Waals surface area contributed by atoms with Crippen molar-refractivity contribution in [3.8, 4) is 5.75 Å². The van der Waals surface area contributed by atoms with Gasteiger partial charge in [-0.25, -0.2) is 18.5 Å². The van der Waals surface area contributed by atoms with E-state index in [0.717, 1.165) is 5.56 Å². The number of benzene rings is 1. The summed E-state index contributed by atoms with van der Waals surface area (Å²) in [4.78, 5) is 16.6. The lowest BCUT2D eigenvalue weighted by Gasteiger charge is -2.31. The fraction of sp³-hybridized carbons (Fsp3) is 0.455. The van der Waals surface area contributed by atoms with Crippen LogP contribution >= 0.6 is 0 Å². The molecule has 0 radical (unpaired) electrons. The number of rotatable bonds is 6. The van der Waals surface area contributed by atoms with Crippen molar-refractivity contribution in [2.24, 2.45) is 0 Å². The van der Waals surface area contributed by atoms with Crippen LogP contribution in [0, 0.1) is 6.92 Å². The summed E-state index contributed by atoms with van der Waals surface area (Å²) in [5.74, 6) is -3.60. The van der Waals surface area contributed by atoms with E-state index in [1.54, 1.807) is 12.1 Å². The number of ether oxygens (including phenoxy) is 1. The highest BCUT2D eigenvalue weighted by atomic mass is 32.2. The fourth-order valence-electron chi connectivity index (χ4n) is 4.05. The second-order valence-electron chi connectivity index (χ2n) is 8.62. The number of pyridine rings is 1. The van der Waals surface area contributed by atoms with Crippen molar-refractivity contribution < 1.29 is 26.7 Å². The van der Waals surface area contributed by atoms with Crippen LogP contribution in [0.15, 0.2) is 41.4 Å². The van der Waals surface area contributed by atoms with Gasteiger partial charge < -0.3 is 10.5 Å². The Morgan fingerprint density at radius 1 is 1.22 bits per heavy atom. The van der Waals surface area contributed by atoms with E-state index in [1.807, 2.05) is 17.7 Å². The lowest BCUT2D eigenvalue weighted by Crippen LogP contribution is -2.43. The zero-order chi connectivity index (χ0) is 23.1. The van der Waals surface area contributed by atoms with Gasteiger partial charge in [-0.3, -0.25) is 4.79 Å². The molecule has 0 spiro atoms. The van der Waals surface area contributed by atoms with Crippen molar-refractivity contribution >= 4 is 21.7 Å². The third-order valence-corrected chi connectivity index (χ3v) is 7.15. The molecular formula is C22H25F2N3O4S. The van der Waals surface area contributed by atoms with Gasteiger partial charge in [-0.2, -0.15) is 8.42 Å². The van der Waals surface area contributed by atoms with Gasteiger partial charge in [-0.1, -0.05) is 18.2 Å². The van der Waals surface area contributed by atoms with Crippen LogP contribution in [-0.4, -0.2) is 30.8 Å². The molecule has 4 rings (SSSR count). The van der Waals surface area contributed by atoms with E-state index in [2.05, 4.69) is 4.98 Å². The molecule has 1 aromatic carbocycles. The van der Waals surface area contributed by atoms with Crippen molar-refractivity contribution in [2.75, 3.05) is 5.73 Å². The molecule has 2 aromatic rings. The molecule has 0 saturated heterocycles. The van der Waals surface area contributed by atoms with E-state index in [9.17, 15) is 22.0 Å². The first-order valence-corrected chi connectivity index (χ1v) is 12.0. The standard InChI is InChI=1S/C22H25F2N3O4S/c1-14-7-8-16(15-4-3-9-22(23,24)13-15)17(12-14)31-21(10-11-21)20(28)27-32(29,30)19-6-2-5-18(25)26-19/h2,5-8,12,15H,3-4,9-11,13H2,1H3,(H2,25,26)(H,27,28). The number of anilines is 1. The molecule has 32 heavy (non-hydrogen) atoms. The number of nitrogens with zero attached hydrogens (tertiary/aromatic N) is 1. The first-order valence-electron chi connectivity index (χ1n) is 10.5. The molecule has 172 valence electrons. The summed E-state index contributed by atoms with van der Waals surface area (Å²) in [6.07, 6.45) is 1.22. The Morgan fingerprint density at radius 3 is 2.62 bits per heavy atom. The predicted octanol–water partition coefficient (Wildman–Crippen LogP) is 3.68. The summed E-state index contributed by atoms with van der Waals surface area (Å²) in [5.41, 5.74) is 5.64. The number of carbonyl (C=O) groups is 1. The summed E-state index contributed by atoms with van der Waals surface area (Å²) < 4.78 is 61.2. The van der Waals surface area contributed by atoms with Crippen molar-refractivity contribution in [3.05, 3.63) is 47.5 Å². The second kappa shape index (κ2) is 7.99. The van der Waals surface area contributed by atoms with Crippen LogP contribution in [0.3, 0.4) is 0 Å². The first kappa shape index (κ1) is 22.4. The number of sulfonamides is 1. The molecule has 1 unspecified atom stereocenters. The van der Waals surface area contributed by atoms with Crippen LogP contribution in [0.5, 0.6) is 5.75 Å². The maximum atomic E-state index is 14.0. The third-order valence-electron chi connectivity index (χ3n) is 5.92. The van der Waals surface area contributed by atoms with Gasteiger partial charge in [0.05, 0.1) is 0 Å². The fourth-order valence-corrected chi connectivity index (χ4v) is 5.07. The number of carbonyl (C=O) groups excluding carboxylic acids is 1. The lowest BCUT2D eigenvalue weighted by molar-refractivity contribution is -0.128. The monoisotopic (exact) mass is 465 g/mol. The smallest absolute Gasteiger partial charge is 0.281 e. The van der Waals surface area contributed by atoms with Crippen molar-refractivity contribution in [1.29, 1.82) is 0 Å². The molecule has 2 saturated carbocycles. The molecule has 7 nitrogen and oxygen atoms in total. The molecule has 1 atom stereocenters. The molecule has 3 N–H and O–H groups in total. The zero-order valence-electron chi connectivity index (χ0n) is 17.6. The molecule has 1 amide bonds. The van der Waals surface area contributed by atoms with Crippen LogP contribution in [0.25, 0.3) is 0 Å². The van der Waals surface area contributed by atoms with Gasteiger partial charge in [0.15, 0.2) is 10.6 Å². The van der Waals surface area contributed by atoms with Crippen molar-refractivity contribution in [3.63, 3.8) is 0 Å². The first-order chi connectivity index (χ1) is 15.0. The topological polar surface area (TPSA) is 111 Å². The van der Waals surface area contributed by atoms with Crippen molar-refractivity contribution in [1.82, 2.24) is 9.71 Å². The van der Waals surface area contributed by atoms with E-state index in [4.69, 9.17) is 10.5 Å². The van der Waals surface area contributed by atoms with Gasteiger partial charge in [-0.05, 0) is 55.0 Å². The molecule has 1 heterocycles. The molecule has 0 bridgehead atoms. The Hall–Kier alpha value is -2.75. The Labute approximate surface area is 185 Å². The highest BCUT2D eigenvalue weighted by Gasteiger charge is 2.54. The van der Waals surface area contributed by atoms with E-state index in [0.29, 0.717) is 37.0 Å². The number of hydrogen-bond acceptors (Lipinski definition) is 6. The Morgan fingerprint density at radius 2 is 1.97 bits per heavy atom. The van der Waals surface area contributed by atoms with Crippen LogP contribution in [0.4, 0.5) is 14.6 Å². The number of hydrogen-bond donors (Lipinski definition) is 2. The normalized spacial score (nSPS) is 21.5. The second-order valence-corrected chi connectivity index (χ2v) is 10.3. The number of nitrogens with two attached hydrogens (primary N) is 1. The largest absolute Gasteiger partial charge is 0.477 e. The molecule has 0 aliphatic heterocycles. The van der Waals surface area contributed by atoms with Crippen LogP contribution in [0.1, 0.15) is 55.6 Å². The summed E-state index contributed by atoms with van der Waals surface area (Å²) in [6.45, 7) is 1.84. The summed E-state index contributed by atoms with van der Waals surface area (Å²) in [7, 11) is -4.24. The minimum absolute atomic E-state index is 0.00592. The van der Waals surface area contributed by atoms with E-state index in [1.165, 1.54) is 18.2 Å². The third kappa shape index (κ3) is 4.69. The maximum absolute atomic E-state index is 14.0. The number of amides is 1. The number of nitrogen functional groups attached to an aromatic ring is 1. The molecule has 2 aliphatic rings. The van der Waals surface area contributed by atoms with Gasteiger partial charge in [0.1, 0.15) is 11.6 Å². The number of aromatic nitrogens is 1. The lowest BCUT2D eigenvalue weighted by atomic mass is 9.81. The number of halogens is 2. The summed E-state index contributed by atoms with van der Waals surface area (Å²) in [6, 6.07) is 9.38. The van der Waals surface area contributed by atoms with Gasteiger partial charge >= 0.3 is 0 Å². The van der Waals surface area contributed by atoms with E-state index < -0.39 is 33.4 Å². The average molecular weight is 466 g/mol. The Balaban J connectivity index is 1.56. The minimum Gasteiger partial charge on any atom is -0.477 e. The Bertz CT molecular complexity index is 1150. The molecule has 1 aromatic heterocycles. The Kier molecular flexibility index (Phi) is 5.60. The minimum atomic E-state index is -4.24. The van der Waals surface area contributed by atoms with Gasteiger partial charge in [0.2, 0.25) is 5.92 Å². The van der Waals surface area contributed by atoms with Crippen LogP contribution in [0.2, 0.25) is 0 Å². The number of aryl methyl sites for hydroxylation is 1. The SMILES string of the molecule is Cc1ccc(C2CCCC(F)(F)C2)c(OC2(C(=O)NS(=O)(=O)c3cccc(N)n3)CC2)c1. The predicted molar refractivity (Wildman–Crippen MR) is 114 cm³/mol. The average Bonchev–Trinajstić information content (AvgIpc) is 3.48. The van der Waals surface area contributed by atoms with Gasteiger partial charge in [0, 0.05) is 25.7 Å². The van der Waals surface area contributed by atoms with Gasteiger partial charge in [0.25, 0.3) is 15.9 Å². The maximum Gasteiger partial charge on any atom is 0.281 e. The quantitative estimate of drug-likeness (QED) is 0.673. The van der Waals surface area contributed by atoms with E-state index in [-0.39, 0.29) is 23.7 Å². The van der Waals surface area contributed by atoms with E-state index >= 15 is 0 Å². The van der Waals surface area contributed by atoms with Crippen LogP contribution < -0.4 is 15.2 Å². The highest BCUT2D eigenvalue weighted by molar-refractivity contribution is 7.90. The molecule has 2 fully saturated rings. The zero-order valence-corrected chi connectivity index (χ0v) is 18.4. The highest BCUT2D eigenvalue weighted by Crippen LogP contribution is 2.47.